The number of ether oxygens (including phenoxy) is 12. The summed E-state index contributed by atoms with van der Waals surface area (Å²) in [6.45, 7) is 9.21. The fourth-order valence-corrected chi connectivity index (χ4v) is 4.87. The third-order valence-corrected chi connectivity index (χ3v) is 7.74. The zero-order valence-corrected chi connectivity index (χ0v) is 32.6. The van der Waals surface area contributed by atoms with Gasteiger partial charge in [0, 0.05) is 5.56 Å². The summed E-state index contributed by atoms with van der Waals surface area (Å²) >= 11 is 0. The second kappa shape index (κ2) is 32.3. The van der Waals surface area contributed by atoms with E-state index in [0.29, 0.717) is 143 Å². The highest BCUT2D eigenvalue weighted by Gasteiger charge is 2.34. The van der Waals surface area contributed by atoms with Gasteiger partial charge in [-0.05, 0) is 12.1 Å². The van der Waals surface area contributed by atoms with Crippen LogP contribution >= 0.6 is 0 Å². The van der Waals surface area contributed by atoms with Crippen molar-refractivity contribution in [3.05, 3.63) is 71.3 Å². The Morgan fingerprint density at radius 1 is 0.368 bits per heavy atom. The monoisotopic (exact) mass is 807 g/mol. The van der Waals surface area contributed by atoms with E-state index in [1.54, 1.807) is 54.6 Å². The van der Waals surface area contributed by atoms with Crippen molar-refractivity contribution in [2.45, 2.75) is 0 Å². The number of ketones is 1. The molecule has 2 aromatic rings. The molecule has 0 bridgehead atoms. The molecule has 1 aliphatic heterocycles. The first-order valence-electron chi connectivity index (χ1n) is 19.2. The molecular weight excluding hydrogens is 750 g/mol. The van der Waals surface area contributed by atoms with Crippen LogP contribution in [-0.2, 0) is 61.6 Å². The van der Waals surface area contributed by atoms with Crippen molar-refractivity contribution in [3.63, 3.8) is 0 Å². The Hall–Kier alpha value is -3.72. The lowest BCUT2D eigenvalue weighted by molar-refractivity contribution is -0.139. The summed E-state index contributed by atoms with van der Waals surface area (Å²) in [7, 11) is 0. The summed E-state index contributed by atoms with van der Waals surface area (Å²) in [4.78, 5) is 49.5. The number of fused-ring (bicyclic) bond motifs is 1. The van der Waals surface area contributed by atoms with Gasteiger partial charge in [-0.25, -0.2) is 4.79 Å². The molecule has 0 radical (unpaired) electrons. The third kappa shape index (κ3) is 21.6. The van der Waals surface area contributed by atoms with Gasteiger partial charge in [0.05, 0.1) is 163 Å². The molecule has 0 aromatic heterocycles. The van der Waals surface area contributed by atoms with E-state index in [9.17, 15) is 19.2 Å². The Kier molecular flexibility index (Phi) is 27.0. The maximum atomic E-state index is 12.3. The second-order valence-corrected chi connectivity index (χ2v) is 11.9. The summed E-state index contributed by atoms with van der Waals surface area (Å²) < 4.78 is 64.9. The zero-order chi connectivity index (χ0) is 40.4. The molecular formula is C40H57NO16. The predicted molar refractivity (Wildman–Crippen MR) is 203 cm³/mol. The Bertz CT molecular complexity index is 1350. The van der Waals surface area contributed by atoms with Crippen molar-refractivity contribution in [1.29, 1.82) is 0 Å². The number of nitrogens with zero attached hydrogens (tertiary/aromatic N) is 1. The van der Waals surface area contributed by atoms with Crippen LogP contribution in [0.15, 0.2) is 54.6 Å². The first-order chi connectivity index (χ1) is 28.1. The fourth-order valence-electron chi connectivity index (χ4n) is 4.87. The van der Waals surface area contributed by atoms with Crippen LogP contribution in [0.2, 0.25) is 0 Å². The van der Waals surface area contributed by atoms with Gasteiger partial charge < -0.3 is 56.8 Å². The van der Waals surface area contributed by atoms with Crippen molar-refractivity contribution in [1.82, 2.24) is 4.90 Å². The SMILES string of the molecule is O=C(OCCOCCOCCOCCOCCOCCOCCOCCOCCOCCOCCOCCN1C(=O)c2ccccc2C1=O)C(=O)c1ccccc1. The van der Waals surface area contributed by atoms with Crippen LogP contribution in [0.3, 0.4) is 0 Å². The highest BCUT2D eigenvalue weighted by molar-refractivity contribution is 6.40. The average molecular weight is 808 g/mol. The number of carbonyl (C=O) groups excluding carboxylic acids is 4. The molecule has 0 saturated heterocycles. The Labute approximate surface area is 333 Å². The zero-order valence-electron chi connectivity index (χ0n) is 32.6. The molecule has 2 aromatic carbocycles. The summed E-state index contributed by atoms with van der Waals surface area (Å²) in [5, 5.41) is 0. The van der Waals surface area contributed by atoms with Gasteiger partial charge in [-0.1, -0.05) is 42.5 Å². The number of hydrogen-bond acceptors (Lipinski definition) is 16. The van der Waals surface area contributed by atoms with Crippen molar-refractivity contribution >= 4 is 23.6 Å². The first-order valence-corrected chi connectivity index (χ1v) is 19.2. The molecule has 0 fully saturated rings. The van der Waals surface area contributed by atoms with Crippen LogP contribution in [0.1, 0.15) is 31.1 Å². The smallest absolute Gasteiger partial charge is 0.379 e. The van der Waals surface area contributed by atoms with Crippen LogP contribution < -0.4 is 0 Å². The second-order valence-electron chi connectivity index (χ2n) is 11.9. The van der Waals surface area contributed by atoms with Gasteiger partial charge in [0.1, 0.15) is 6.61 Å². The molecule has 0 unspecified atom stereocenters. The van der Waals surface area contributed by atoms with Crippen molar-refractivity contribution in [2.75, 3.05) is 159 Å². The highest BCUT2D eigenvalue weighted by atomic mass is 16.6. The molecule has 1 aliphatic rings. The molecule has 57 heavy (non-hydrogen) atoms. The summed E-state index contributed by atoms with van der Waals surface area (Å²) in [6.07, 6.45) is 0. The maximum absolute atomic E-state index is 12.3. The molecule has 0 spiro atoms. The topological polar surface area (TPSA) is 182 Å². The van der Waals surface area contributed by atoms with E-state index in [4.69, 9.17) is 56.8 Å². The summed E-state index contributed by atoms with van der Waals surface area (Å²) in [6, 6.07) is 15.0. The number of esters is 1. The molecule has 3 rings (SSSR count). The molecule has 17 nitrogen and oxygen atoms in total. The molecule has 318 valence electrons. The van der Waals surface area contributed by atoms with Gasteiger partial charge in [0.15, 0.2) is 0 Å². The van der Waals surface area contributed by atoms with E-state index in [-0.39, 0.29) is 43.7 Å². The summed E-state index contributed by atoms with van der Waals surface area (Å²) in [5.74, 6) is -2.16. The van der Waals surface area contributed by atoms with E-state index >= 15 is 0 Å². The van der Waals surface area contributed by atoms with Crippen LogP contribution in [0.5, 0.6) is 0 Å². The lowest BCUT2D eigenvalue weighted by Gasteiger charge is -2.13. The number of rotatable bonds is 38. The quantitative estimate of drug-likeness (QED) is 0.0315. The molecule has 0 atom stereocenters. The summed E-state index contributed by atoms with van der Waals surface area (Å²) in [5.41, 5.74) is 1.16. The maximum Gasteiger partial charge on any atom is 0.379 e. The van der Waals surface area contributed by atoms with Crippen LogP contribution in [0, 0.1) is 0 Å². The minimum Gasteiger partial charge on any atom is -0.457 e. The number of carbonyl (C=O) groups is 4. The van der Waals surface area contributed by atoms with E-state index < -0.39 is 11.8 Å². The van der Waals surface area contributed by atoms with Crippen LogP contribution in [0.4, 0.5) is 0 Å². The normalized spacial score (nSPS) is 12.4. The molecule has 0 N–H and O–H groups in total. The Morgan fingerprint density at radius 2 is 0.649 bits per heavy atom. The highest BCUT2D eigenvalue weighted by Crippen LogP contribution is 2.21. The third-order valence-electron chi connectivity index (χ3n) is 7.74. The van der Waals surface area contributed by atoms with E-state index in [2.05, 4.69) is 0 Å². The number of Topliss-reactive ketones (excluding diaryl/α,β-unsaturated/α-hetero) is 1. The first kappa shape index (κ1) is 47.7. The van der Waals surface area contributed by atoms with Gasteiger partial charge in [0.2, 0.25) is 0 Å². The van der Waals surface area contributed by atoms with Crippen molar-refractivity contribution < 1.29 is 76.0 Å². The minimum atomic E-state index is -0.904. The average Bonchev–Trinajstić information content (AvgIpc) is 3.48. The van der Waals surface area contributed by atoms with Gasteiger partial charge in [-0.15, -0.1) is 0 Å². The van der Waals surface area contributed by atoms with Crippen LogP contribution in [0.25, 0.3) is 0 Å². The Morgan fingerprint density at radius 3 is 0.982 bits per heavy atom. The largest absolute Gasteiger partial charge is 0.457 e. The predicted octanol–water partition coefficient (Wildman–Crippen LogP) is 1.89. The standard InChI is InChI=1S/C40H57NO16/c42-37(34-6-2-1-3-7-34)40(45)57-33-32-56-31-30-55-29-28-54-27-26-53-25-24-52-23-22-51-21-20-50-19-18-49-17-16-48-15-14-47-13-12-46-11-10-41-38(43)35-8-4-5-9-36(35)39(41)44/h1-9H,10-33H2. The van der Waals surface area contributed by atoms with Crippen molar-refractivity contribution in [2.24, 2.45) is 0 Å². The van der Waals surface area contributed by atoms with E-state index in [1.807, 2.05) is 0 Å². The lowest BCUT2D eigenvalue weighted by Crippen LogP contribution is -2.33. The number of benzene rings is 2. The molecule has 0 saturated carbocycles. The van der Waals surface area contributed by atoms with Crippen LogP contribution in [-0.4, -0.2) is 187 Å². The number of imide groups is 1. The molecule has 17 heteroatoms. The molecule has 1 heterocycles. The molecule has 2 amide bonds. The van der Waals surface area contributed by atoms with E-state index in [1.165, 1.54) is 4.90 Å². The number of hydrogen-bond donors (Lipinski definition) is 0. The van der Waals surface area contributed by atoms with E-state index in [0.717, 1.165) is 0 Å². The van der Waals surface area contributed by atoms with Gasteiger partial charge >= 0.3 is 5.97 Å². The van der Waals surface area contributed by atoms with Gasteiger partial charge in [0.25, 0.3) is 17.6 Å². The van der Waals surface area contributed by atoms with Crippen molar-refractivity contribution in [3.8, 4) is 0 Å². The molecule has 0 aliphatic carbocycles. The Balaban J connectivity index is 0.911. The minimum absolute atomic E-state index is 0.0113. The van der Waals surface area contributed by atoms with Gasteiger partial charge in [-0.2, -0.15) is 0 Å². The number of amides is 2. The lowest BCUT2D eigenvalue weighted by atomic mass is 10.1. The fraction of sp³-hybridized carbons (Fsp3) is 0.600. The van der Waals surface area contributed by atoms with Gasteiger partial charge in [-0.3, -0.25) is 19.3 Å².